The molecule has 4 N–H and O–H groups in total. The third-order valence-electron chi connectivity index (χ3n) is 3.09. The molecule has 1 aromatic rings. The summed E-state index contributed by atoms with van der Waals surface area (Å²) in [6.45, 7) is 3.55. The van der Waals surface area contributed by atoms with Crippen molar-refractivity contribution in [2.45, 2.75) is 19.5 Å². The highest BCUT2D eigenvalue weighted by atomic mass is 16.3. The molecule has 1 fully saturated rings. The average molecular weight is 252 g/mol. The minimum absolute atomic E-state index is 0.0161. The van der Waals surface area contributed by atoms with E-state index in [0.717, 1.165) is 6.54 Å². The van der Waals surface area contributed by atoms with Crippen molar-refractivity contribution in [1.29, 1.82) is 0 Å². The lowest BCUT2D eigenvalue weighted by Gasteiger charge is -2.32. The van der Waals surface area contributed by atoms with E-state index in [0.29, 0.717) is 24.4 Å². The van der Waals surface area contributed by atoms with Gasteiger partial charge in [0.1, 0.15) is 5.76 Å². The molecule has 7 nitrogen and oxygen atoms in total. The van der Waals surface area contributed by atoms with E-state index < -0.39 is 5.91 Å². The van der Waals surface area contributed by atoms with Gasteiger partial charge >= 0.3 is 0 Å². The van der Waals surface area contributed by atoms with Gasteiger partial charge in [0.2, 0.25) is 5.91 Å². The number of nitrogens with zero attached hydrogens (tertiary/aromatic N) is 1. The van der Waals surface area contributed by atoms with Crippen molar-refractivity contribution in [3.05, 3.63) is 23.7 Å². The Hall–Kier alpha value is -1.86. The number of hydrogen-bond acceptors (Lipinski definition) is 5. The second-order valence-electron chi connectivity index (χ2n) is 4.17. The number of hydrazine groups is 1. The first kappa shape index (κ1) is 12.6. The molecule has 1 saturated heterocycles. The number of carbonyl (C=O) groups is 2. The van der Waals surface area contributed by atoms with Crippen molar-refractivity contribution in [2.24, 2.45) is 5.84 Å². The van der Waals surface area contributed by atoms with Crippen LogP contribution in [-0.2, 0) is 11.3 Å². The first-order valence-electron chi connectivity index (χ1n) is 5.72. The minimum atomic E-state index is -0.395. The number of piperazine rings is 1. The average Bonchev–Trinajstić information content (AvgIpc) is 2.82. The maximum absolute atomic E-state index is 11.5. The quantitative estimate of drug-likeness (QED) is 0.371. The molecule has 1 aromatic heterocycles. The smallest absolute Gasteiger partial charge is 0.268 e. The summed E-state index contributed by atoms with van der Waals surface area (Å²) in [5.74, 6) is 5.20. The van der Waals surface area contributed by atoms with E-state index in [-0.39, 0.29) is 11.9 Å². The van der Waals surface area contributed by atoms with Crippen molar-refractivity contribution in [3.63, 3.8) is 0 Å². The number of amides is 2. The van der Waals surface area contributed by atoms with Crippen LogP contribution in [0.3, 0.4) is 0 Å². The summed E-state index contributed by atoms with van der Waals surface area (Å²) in [4.78, 5) is 25.0. The van der Waals surface area contributed by atoms with Crippen molar-refractivity contribution in [3.8, 4) is 0 Å². The molecule has 18 heavy (non-hydrogen) atoms. The van der Waals surface area contributed by atoms with Crippen LogP contribution in [0.2, 0.25) is 0 Å². The first-order chi connectivity index (χ1) is 8.63. The van der Waals surface area contributed by atoms with Crippen LogP contribution in [0.4, 0.5) is 0 Å². The molecular formula is C11H16N4O3. The SMILES string of the molecule is CC1C(=O)NCCN1Cc1occc1C(=O)NN. The summed E-state index contributed by atoms with van der Waals surface area (Å²) in [5.41, 5.74) is 2.47. The van der Waals surface area contributed by atoms with E-state index in [4.69, 9.17) is 10.3 Å². The Labute approximate surface area is 104 Å². The van der Waals surface area contributed by atoms with E-state index in [9.17, 15) is 9.59 Å². The molecule has 1 aliphatic rings. The van der Waals surface area contributed by atoms with Gasteiger partial charge in [-0.15, -0.1) is 0 Å². The maximum atomic E-state index is 11.5. The molecule has 1 unspecified atom stereocenters. The molecule has 0 bridgehead atoms. The highest BCUT2D eigenvalue weighted by Crippen LogP contribution is 2.16. The molecule has 1 atom stereocenters. The van der Waals surface area contributed by atoms with Crippen LogP contribution in [-0.4, -0.2) is 35.8 Å². The standard InChI is InChI=1S/C11H16N4O3/c1-7-10(16)13-3-4-15(7)6-9-8(2-5-18-9)11(17)14-12/h2,5,7H,3-4,6,12H2,1H3,(H,13,16)(H,14,17). The first-order valence-corrected chi connectivity index (χ1v) is 5.72. The van der Waals surface area contributed by atoms with E-state index in [1.807, 2.05) is 11.8 Å². The molecule has 1 aliphatic heterocycles. The van der Waals surface area contributed by atoms with E-state index in [2.05, 4.69) is 10.7 Å². The third kappa shape index (κ3) is 2.36. The van der Waals surface area contributed by atoms with Crippen molar-refractivity contribution < 1.29 is 14.0 Å². The second-order valence-corrected chi connectivity index (χ2v) is 4.17. The summed E-state index contributed by atoms with van der Waals surface area (Å²) in [6.07, 6.45) is 1.44. The normalized spacial score (nSPS) is 20.6. The monoisotopic (exact) mass is 252 g/mol. The second kappa shape index (κ2) is 5.19. The zero-order chi connectivity index (χ0) is 13.1. The van der Waals surface area contributed by atoms with Gasteiger partial charge in [-0.1, -0.05) is 0 Å². The van der Waals surface area contributed by atoms with E-state index in [1.165, 1.54) is 6.26 Å². The Kier molecular flexibility index (Phi) is 3.63. The number of rotatable bonds is 3. The molecular weight excluding hydrogens is 236 g/mol. The lowest BCUT2D eigenvalue weighted by molar-refractivity contribution is -0.128. The largest absolute Gasteiger partial charge is 0.467 e. The summed E-state index contributed by atoms with van der Waals surface area (Å²) in [7, 11) is 0. The Morgan fingerprint density at radius 2 is 2.50 bits per heavy atom. The van der Waals surface area contributed by atoms with Crippen molar-refractivity contribution >= 4 is 11.8 Å². The zero-order valence-electron chi connectivity index (χ0n) is 10.1. The summed E-state index contributed by atoms with van der Waals surface area (Å²) in [5, 5.41) is 2.78. The Balaban J connectivity index is 2.11. The summed E-state index contributed by atoms with van der Waals surface area (Å²) < 4.78 is 5.28. The van der Waals surface area contributed by atoms with Gasteiger partial charge in [-0.05, 0) is 13.0 Å². The lowest BCUT2D eigenvalue weighted by Crippen LogP contribution is -2.53. The lowest BCUT2D eigenvalue weighted by atomic mass is 10.1. The molecule has 7 heteroatoms. The molecule has 0 spiro atoms. The molecule has 2 rings (SSSR count). The highest BCUT2D eigenvalue weighted by Gasteiger charge is 2.27. The van der Waals surface area contributed by atoms with Gasteiger partial charge in [-0.25, -0.2) is 5.84 Å². The summed E-state index contributed by atoms with van der Waals surface area (Å²) >= 11 is 0. The maximum Gasteiger partial charge on any atom is 0.268 e. The fraction of sp³-hybridized carbons (Fsp3) is 0.455. The van der Waals surface area contributed by atoms with Crippen molar-refractivity contribution in [2.75, 3.05) is 13.1 Å². The van der Waals surface area contributed by atoms with Gasteiger partial charge < -0.3 is 9.73 Å². The predicted molar refractivity (Wildman–Crippen MR) is 63.2 cm³/mol. The van der Waals surface area contributed by atoms with Gasteiger partial charge in [-0.2, -0.15) is 0 Å². The van der Waals surface area contributed by atoms with Crippen LogP contribution >= 0.6 is 0 Å². The number of nitrogens with one attached hydrogen (secondary N) is 2. The molecule has 0 aliphatic carbocycles. The Morgan fingerprint density at radius 3 is 3.22 bits per heavy atom. The number of furan rings is 1. The minimum Gasteiger partial charge on any atom is -0.467 e. The van der Waals surface area contributed by atoms with Crippen LogP contribution in [0.15, 0.2) is 16.7 Å². The third-order valence-corrected chi connectivity index (χ3v) is 3.09. The number of carbonyl (C=O) groups excluding carboxylic acids is 2. The topological polar surface area (TPSA) is 101 Å². The van der Waals surface area contributed by atoms with Gasteiger partial charge in [-0.3, -0.25) is 19.9 Å². The van der Waals surface area contributed by atoms with E-state index >= 15 is 0 Å². The van der Waals surface area contributed by atoms with Gasteiger partial charge in [0.25, 0.3) is 5.91 Å². The van der Waals surface area contributed by atoms with E-state index in [1.54, 1.807) is 6.07 Å². The van der Waals surface area contributed by atoms with Gasteiger partial charge in [0.05, 0.1) is 24.4 Å². The predicted octanol–water partition coefficient (Wildman–Crippen LogP) is -0.797. The van der Waals surface area contributed by atoms with Crippen LogP contribution in [0, 0.1) is 0 Å². The Bertz CT molecular complexity index is 457. The number of hydrogen-bond donors (Lipinski definition) is 3. The molecule has 0 saturated carbocycles. The summed E-state index contributed by atoms with van der Waals surface area (Å²) in [6, 6.07) is 1.32. The van der Waals surface area contributed by atoms with Crippen LogP contribution < -0.4 is 16.6 Å². The van der Waals surface area contributed by atoms with Crippen molar-refractivity contribution in [1.82, 2.24) is 15.6 Å². The van der Waals surface area contributed by atoms with Crippen LogP contribution in [0.5, 0.6) is 0 Å². The number of nitrogens with two attached hydrogens (primary N) is 1. The van der Waals surface area contributed by atoms with Gasteiger partial charge in [0, 0.05) is 13.1 Å². The fourth-order valence-corrected chi connectivity index (χ4v) is 1.97. The molecule has 2 amide bonds. The Morgan fingerprint density at radius 1 is 1.72 bits per heavy atom. The zero-order valence-corrected chi connectivity index (χ0v) is 10.1. The van der Waals surface area contributed by atoms with Gasteiger partial charge in [0.15, 0.2) is 0 Å². The van der Waals surface area contributed by atoms with Crippen LogP contribution in [0.1, 0.15) is 23.0 Å². The van der Waals surface area contributed by atoms with Crippen LogP contribution in [0.25, 0.3) is 0 Å². The molecule has 2 heterocycles. The fourth-order valence-electron chi connectivity index (χ4n) is 1.97. The number of nitrogen functional groups attached to an aromatic ring is 1. The highest BCUT2D eigenvalue weighted by molar-refractivity contribution is 5.94. The molecule has 0 aromatic carbocycles. The molecule has 0 radical (unpaired) electrons. The molecule has 98 valence electrons.